The summed E-state index contributed by atoms with van der Waals surface area (Å²) in [6.45, 7) is 4.16. The Morgan fingerprint density at radius 3 is 1.94 bits per heavy atom. The highest BCUT2D eigenvalue weighted by Gasteiger charge is 2.14. The number of rotatable bonds is 3. The Morgan fingerprint density at radius 1 is 0.688 bits per heavy atom. The van der Waals surface area contributed by atoms with Crippen molar-refractivity contribution in [3.63, 3.8) is 0 Å². The maximum Gasteiger partial charge on any atom is -0.00161 e. The second-order valence-electron chi connectivity index (χ2n) is 5.90. The van der Waals surface area contributed by atoms with Crippen molar-refractivity contribution in [2.45, 2.75) is 70.6 Å². The molecule has 1 saturated heterocycles. The van der Waals surface area contributed by atoms with Crippen LogP contribution in [0.2, 0.25) is 0 Å². The highest BCUT2D eigenvalue weighted by molar-refractivity contribution is 4.69. The lowest BCUT2D eigenvalue weighted by Crippen LogP contribution is -2.31. The first-order chi connectivity index (χ1) is 7.95. The highest BCUT2D eigenvalue weighted by atomic mass is 15.1. The largest absolute Gasteiger partial charge is 0.303 e. The van der Waals surface area contributed by atoms with Gasteiger partial charge in [-0.2, -0.15) is 0 Å². The zero-order valence-electron chi connectivity index (χ0n) is 10.9. The van der Waals surface area contributed by atoms with E-state index in [0.29, 0.717) is 0 Å². The molecule has 0 aromatic carbocycles. The predicted molar refractivity (Wildman–Crippen MR) is 70.7 cm³/mol. The Morgan fingerprint density at radius 2 is 1.25 bits per heavy atom. The lowest BCUT2D eigenvalue weighted by atomic mass is 9.88. The zero-order valence-corrected chi connectivity index (χ0v) is 10.9. The molecule has 0 unspecified atom stereocenters. The summed E-state index contributed by atoms with van der Waals surface area (Å²) < 4.78 is 0. The molecule has 0 aromatic rings. The third-order valence-electron chi connectivity index (χ3n) is 4.53. The molecule has 1 aliphatic heterocycles. The third-order valence-corrected chi connectivity index (χ3v) is 4.53. The Bertz CT molecular complexity index is 164. The number of hydrogen-bond acceptors (Lipinski definition) is 1. The van der Waals surface area contributed by atoms with Crippen LogP contribution in [0.15, 0.2) is 0 Å². The molecule has 1 aliphatic carbocycles. The zero-order chi connectivity index (χ0) is 11.1. The van der Waals surface area contributed by atoms with Gasteiger partial charge in [0.25, 0.3) is 0 Å². The van der Waals surface area contributed by atoms with Crippen LogP contribution in [-0.4, -0.2) is 24.5 Å². The summed E-state index contributed by atoms with van der Waals surface area (Å²) in [5.74, 6) is 1.06. The first-order valence-electron chi connectivity index (χ1n) is 7.67. The molecule has 2 aliphatic rings. The van der Waals surface area contributed by atoms with Gasteiger partial charge in [0.05, 0.1) is 0 Å². The maximum atomic E-state index is 2.71. The molecule has 1 heteroatoms. The number of hydrogen-bond donors (Lipinski definition) is 0. The molecule has 0 N–H and O–H groups in total. The van der Waals surface area contributed by atoms with Crippen molar-refractivity contribution in [2.75, 3.05) is 19.6 Å². The van der Waals surface area contributed by atoms with E-state index < -0.39 is 0 Å². The van der Waals surface area contributed by atoms with E-state index in [0.717, 1.165) is 5.92 Å². The van der Waals surface area contributed by atoms with Crippen LogP contribution in [-0.2, 0) is 0 Å². The van der Waals surface area contributed by atoms with Gasteiger partial charge in [-0.25, -0.2) is 0 Å². The second-order valence-corrected chi connectivity index (χ2v) is 5.90. The first kappa shape index (κ1) is 12.4. The van der Waals surface area contributed by atoms with Crippen LogP contribution in [0.5, 0.6) is 0 Å². The average molecular weight is 223 g/mol. The molecule has 1 heterocycles. The molecule has 1 saturated carbocycles. The molecule has 16 heavy (non-hydrogen) atoms. The van der Waals surface area contributed by atoms with Gasteiger partial charge in [-0.15, -0.1) is 0 Å². The van der Waals surface area contributed by atoms with Gasteiger partial charge in [0.15, 0.2) is 0 Å². The molecule has 0 amide bonds. The summed E-state index contributed by atoms with van der Waals surface area (Å²) in [4.78, 5) is 2.71. The minimum absolute atomic E-state index is 1.06. The second kappa shape index (κ2) is 7.32. The predicted octanol–water partition coefficient (Wildman–Crippen LogP) is 4.22. The monoisotopic (exact) mass is 223 g/mol. The van der Waals surface area contributed by atoms with E-state index in [4.69, 9.17) is 0 Å². The lowest BCUT2D eigenvalue weighted by Gasteiger charge is -2.28. The van der Waals surface area contributed by atoms with Gasteiger partial charge in [0.1, 0.15) is 0 Å². The summed E-state index contributed by atoms with van der Waals surface area (Å²) in [6.07, 6.45) is 16.4. The minimum atomic E-state index is 1.06. The smallest absolute Gasteiger partial charge is 0.00161 e. The Hall–Kier alpha value is -0.0400. The van der Waals surface area contributed by atoms with Gasteiger partial charge in [0.2, 0.25) is 0 Å². The molecule has 2 rings (SSSR count). The quantitative estimate of drug-likeness (QED) is 0.692. The standard InChI is InChI=1S/C15H29N/c1-2-5-9-15(10-6-3-1)11-14-16-12-7-4-8-13-16/h15H,1-14H2. The van der Waals surface area contributed by atoms with Gasteiger partial charge in [-0.05, 0) is 44.8 Å². The molecule has 2 fully saturated rings. The first-order valence-corrected chi connectivity index (χ1v) is 7.67. The minimum Gasteiger partial charge on any atom is -0.303 e. The van der Waals surface area contributed by atoms with E-state index in [9.17, 15) is 0 Å². The van der Waals surface area contributed by atoms with E-state index in [-0.39, 0.29) is 0 Å². The summed E-state index contributed by atoms with van der Waals surface area (Å²) in [6, 6.07) is 0. The van der Waals surface area contributed by atoms with Gasteiger partial charge >= 0.3 is 0 Å². The van der Waals surface area contributed by atoms with Crippen molar-refractivity contribution in [3.05, 3.63) is 0 Å². The molecule has 1 nitrogen and oxygen atoms in total. The van der Waals surface area contributed by atoms with Crippen LogP contribution in [0.4, 0.5) is 0 Å². The Kier molecular flexibility index (Phi) is 5.68. The van der Waals surface area contributed by atoms with Crippen molar-refractivity contribution in [1.29, 1.82) is 0 Å². The van der Waals surface area contributed by atoms with Crippen LogP contribution in [0, 0.1) is 5.92 Å². The van der Waals surface area contributed by atoms with Crippen molar-refractivity contribution < 1.29 is 0 Å². The van der Waals surface area contributed by atoms with E-state index in [1.807, 2.05) is 0 Å². The topological polar surface area (TPSA) is 3.24 Å². The molecule has 0 spiro atoms. The SMILES string of the molecule is C1CCCC(CCN2CCCCC2)CCC1. The van der Waals surface area contributed by atoms with Crippen LogP contribution in [0.1, 0.15) is 70.6 Å². The molecule has 0 atom stereocenters. The number of piperidine rings is 1. The van der Waals surface area contributed by atoms with E-state index in [1.54, 1.807) is 0 Å². The Balaban J connectivity index is 1.62. The van der Waals surface area contributed by atoms with Crippen molar-refractivity contribution in [3.8, 4) is 0 Å². The van der Waals surface area contributed by atoms with Gasteiger partial charge in [0, 0.05) is 0 Å². The molecule has 0 bridgehead atoms. The van der Waals surface area contributed by atoms with Gasteiger partial charge in [-0.1, -0.05) is 51.4 Å². The molecule has 0 radical (unpaired) electrons. The fourth-order valence-corrected chi connectivity index (χ4v) is 3.38. The van der Waals surface area contributed by atoms with Crippen LogP contribution < -0.4 is 0 Å². The highest BCUT2D eigenvalue weighted by Crippen LogP contribution is 2.25. The molecular formula is C15H29N. The number of likely N-dealkylation sites (tertiary alicyclic amines) is 1. The summed E-state index contributed by atoms with van der Waals surface area (Å²) in [7, 11) is 0. The van der Waals surface area contributed by atoms with Crippen molar-refractivity contribution in [1.82, 2.24) is 4.90 Å². The fraction of sp³-hybridized carbons (Fsp3) is 1.00. The number of nitrogens with zero attached hydrogens (tertiary/aromatic N) is 1. The third kappa shape index (κ3) is 4.45. The summed E-state index contributed by atoms with van der Waals surface area (Å²) >= 11 is 0. The maximum absolute atomic E-state index is 2.71. The van der Waals surface area contributed by atoms with Crippen LogP contribution in [0.25, 0.3) is 0 Å². The summed E-state index contributed by atoms with van der Waals surface area (Å²) in [5.41, 5.74) is 0. The fourth-order valence-electron chi connectivity index (χ4n) is 3.38. The molecule has 94 valence electrons. The van der Waals surface area contributed by atoms with Crippen LogP contribution in [0.3, 0.4) is 0 Å². The van der Waals surface area contributed by atoms with Crippen molar-refractivity contribution >= 4 is 0 Å². The van der Waals surface area contributed by atoms with Crippen molar-refractivity contribution in [2.24, 2.45) is 5.92 Å². The van der Waals surface area contributed by atoms with E-state index >= 15 is 0 Å². The lowest BCUT2D eigenvalue weighted by molar-refractivity contribution is 0.204. The van der Waals surface area contributed by atoms with Gasteiger partial charge in [-0.3, -0.25) is 0 Å². The van der Waals surface area contributed by atoms with E-state index in [2.05, 4.69) is 4.90 Å². The summed E-state index contributed by atoms with van der Waals surface area (Å²) in [5, 5.41) is 0. The molecular weight excluding hydrogens is 194 g/mol. The normalized spacial score (nSPS) is 26.2. The van der Waals surface area contributed by atoms with Gasteiger partial charge < -0.3 is 4.90 Å². The average Bonchev–Trinajstić information content (AvgIpc) is 2.29. The van der Waals surface area contributed by atoms with Crippen LogP contribution >= 0.6 is 0 Å². The molecule has 0 aromatic heterocycles. The Labute approximate surface area is 102 Å². The van der Waals surface area contributed by atoms with E-state index in [1.165, 1.54) is 90.3 Å².